The van der Waals surface area contributed by atoms with Crippen LogP contribution in [0.15, 0.2) is 73.3 Å². The fourth-order valence-electron chi connectivity index (χ4n) is 4.45. The summed E-state index contributed by atoms with van der Waals surface area (Å²) in [4.78, 5) is 16.9. The molecule has 1 aliphatic rings. The topological polar surface area (TPSA) is 78.3 Å². The van der Waals surface area contributed by atoms with Crippen molar-refractivity contribution in [3.05, 3.63) is 90.0 Å². The Kier molecular flexibility index (Phi) is 7.65. The van der Waals surface area contributed by atoms with Crippen LogP contribution < -0.4 is 10.1 Å². The number of aryl methyl sites for hydroxylation is 1. The second-order valence-electron chi connectivity index (χ2n) is 9.40. The molecule has 0 spiro atoms. The van der Waals surface area contributed by atoms with E-state index in [4.69, 9.17) is 9.47 Å². The van der Waals surface area contributed by atoms with E-state index < -0.39 is 17.6 Å². The maximum Gasteiger partial charge on any atom is 0.416 e. The van der Waals surface area contributed by atoms with Crippen LogP contribution >= 0.6 is 0 Å². The number of rotatable bonds is 7. The van der Waals surface area contributed by atoms with Crippen molar-refractivity contribution in [1.29, 1.82) is 0 Å². The van der Waals surface area contributed by atoms with Crippen LogP contribution in [0, 0.1) is 6.92 Å². The fraction of sp³-hybridized carbons (Fsp3) is 0.276. The third-order valence-corrected chi connectivity index (χ3v) is 6.50. The van der Waals surface area contributed by atoms with Crippen molar-refractivity contribution in [3.63, 3.8) is 0 Å². The first-order valence-electron chi connectivity index (χ1n) is 12.6. The van der Waals surface area contributed by atoms with Crippen LogP contribution in [-0.2, 0) is 22.1 Å². The molecule has 0 bridgehead atoms. The predicted octanol–water partition coefficient (Wildman–Crippen LogP) is 6.00. The largest absolute Gasteiger partial charge is 0.489 e. The number of halogens is 3. The van der Waals surface area contributed by atoms with E-state index in [1.807, 2.05) is 25.3 Å². The number of nitrogens with one attached hydrogen (secondary N) is 1. The van der Waals surface area contributed by atoms with Gasteiger partial charge in [0.1, 0.15) is 11.9 Å². The van der Waals surface area contributed by atoms with E-state index in [1.54, 1.807) is 35.4 Å². The summed E-state index contributed by atoms with van der Waals surface area (Å²) in [6.45, 7) is 3.28. The van der Waals surface area contributed by atoms with Gasteiger partial charge in [0.15, 0.2) is 0 Å². The number of nitrogens with zero attached hydrogens (tertiary/aromatic N) is 3. The van der Waals surface area contributed by atoms with Crippen LogP contribution in [0.1, 0.15) is 29.5 Å². The van der Waals surface area contributed by atoms with E-state index in [0.29, 0.717) is 18.9 Å². The Hall–Kier alpha value is -4.18. The van der Waals surface area contributed by atoms with Crippen molar-refractivity contribution in [2.45, 2.75) is 38.5 Å². The highest BCUT2D eigenvalue weighted by atomic mass is 19.4. The van der Waals surface area contributed by atoms with Crippen molar-refractivity contribution >= 4 is 11.6 Å². The second-order valence-corrected chi connectivity index (χ2v) is 9.40. The number of aromatic nitrogens is 3. The van der Waals surface area contributed by atoms with Gasteiger partial charge in [-0.2, -0.15) is 18.3 Å². The number of carbonyl (C=O) groups excluding carboxylic acids is 1. The minimum Gasteiger partial charge on any atom is -0.489 e. The van der Waals surface area contributed by atoms with E-state index in [9.17, 15) is 18.0 Å². The first kappa shape index (κ1) is 26.4. The first-order valence-corrected chi connectivity index (χ1v) is 12.6. The van der Waals surface area contributed by atoms with Gasteiger partial charge in [-0.05, 0) is 42.3 Å². The lowest BCUT2D eigenvalue weighted by Gasteiger charge is -2.24. The van der Waals surface area contributed by atoms with Gasteiger partial charge in [-0.25, -0.2) is 4.68 Å². The number of anilines is 1. The zero-order valence-electron chi connectivity index (χ0n) is 21.2. The van der Waals surface area contributed by atoms with Gasteiger partial charge in [-0.15, -0.1) is 0 Å². The molecule has 1 fully saturated rings. The minimum absolute atomic E-state index is 0.0772. The number of amides is 1. The van der Waals surface area contributed by atoms with Gasteiger partial charge in [0, 0.05) is 48.2 Å². The van der Waals surface area contributed by atoms with E-state index in [1.165, 1.54) is 12.1 Å². The summed E-state index contributed by atoms with van der Waals surface area (Å²) >= 11 is 0. The van der Waals surface area contributed by atoms with Crippen molar-refractivity contribution in [2.75, 3.05) is 18.5 Å². The summed E-state index contributed by atoms with van der Waals surface area (Å²) in [5.41, 5.74) is 3.31. The first-order chi connectivity index (χ1) is 18.8. The molecule has 3 heterocycles. The lowest BCUT2D eigenvalue weighted by molar-refractivity contribution is -0.137. The van der Waals surface area contributed by atoms with Crippen LogP contribution in [0.2, 0.25) is 0 Å². The third kappa shape index (κ3) is 6.46. The Morgan fingerprint density at radius 2 is 1.95 bits per heavy atom. The molecule has 1 amide bonds. The molecular weight excluding hydrogens is 509 g/mol. The van der Waals surface area contributed by atoms with E-state index in [-0.39, 0.29) is 18.1 Å². The monoisotopic (exact) mass is 536 g/mol. The summed E-state index contributed by atoms with van der Waals surface area (Å²) in [7, 11) is 0. The predicted molar refractivity (Wildman–Crippen MR) is 140 cm³/mol. The Bertz CT molecular complexity index is 1460. The van der Waals surface area contributed by atoms with E-state index in [2.05, 4.69) is 15.4 Å². The van der Waals surface area contributed by atoms with Crippen LogP contribution in [0.3, 0.4) is 0 Å². The number of alkyl halides is 3. The van der Waals surface area contributed by atoms with Crippen molar-refractivity contribution in [3.8, 4) is 22.6 Å². The number of hydrogen-bond acceptors (Lipinski definition) is 5. The average Bonchev–Trinajstić information content (AvgIpc) is 3.40. The molecule has 1 aliphatic heterocycles. The van der Waals surface area contributed by atoms with Gasteiger partial charge < -0.3 is 14.8 Å². The quantitative estimate of drug-likeness (QED) is 0.314. The molecule has 4 aromatic rings. The Balaban J connectivity index is 1.32. The van der Waals surface area contributed by atoms with Gasteiger partial charge >= 0.3 is 6.18 Å². The van der Waals surface area contributed by atoms with Crippen molar-refractivity contribution in [2.24, 2.45) is 0 Å². The lowest BCUT2D eigenvalue weighted by Crippen LogP contribution is -2.26. The SMILES string of the molecule is Cc1ccc(NC(=O)Cc2cccc(C(F)(F)F)c2)cc1-n1cc(-c2cnccc2OC2CCOCC2)cn1. The normalized spacial score (nSPS) is 14.3. The number of pyridine rings is 1. The Morgan fingerprint density at radius 1 is 1.13 bits per heavy atom. The summed E-state index contributed by atoms with van der Waals surface area (Å²) in [6, 6.07) is 12.0. The van der Waals surface area contributed by atoms with Gasteiger partial charge in [-0.1, -0.05) is 24.3 Å². The molecule has 0 unspecified atom stereocenters. The van der Waals surface area contributed by atoms with Crippen LogP contribution in [0.4, 0.5) is 18.9 Å². The number of ether oxygens (including phenoxy) is 2. The van der Waals surface area contributed by atoms with Crippen molar-refractivity contribution in [1.82, 2.24) is 14.8 Å². The molecule has 39 heavy (non-hydrogen) atoms. The summed E-state index contributed by atoms with van der Waals surface area (Å²) in [5.74, 6) is 0.305. The zero-order chi connectivity index (χ0) is 27.4. The summed E-state index contributed by atoms with van der Waals surface area (Å²) in [6.07, 6.45) is 4.11. The number of hydrogen-bond donors (Lipinski definition) is 1. The van der Waals surface area contributed by atoms with Crippen molar-refractivity contribution < 1.29 is 27.4 Å². The standard InChI is InChI=1S/C29H27F3N4O3/c1-19-5-6-23(35-28(37)14-20-3-2-4-22(13-20)29(30,31)32)15-26(19)36-18-21(16-34-36)25-17-33-10-7-27(25)39-24-8-11-38-12-9-24/h2-7,10,13,15-18,24H,8-9,11-12,14H2,1H3,(H,35,37). The molecule has 2 aromatic carbocycles. The smallest absolute Gasteiger partial charge is 0.416 e. The molecule has 202 valence electrons. The Labute approximate surface area is 223 Å². The maximum absolute atomic E-state index is 13.0. The fourth-order valence-corrected chi connectivity index (χ4v) is 4.45. The van der Waals surface area contributed by atoms with Crippen LogP contribution in [0.25, 0.3) is 16.8 Å². The van der Waals surface area contributed by atoms with Gasteiger partial charge in [0.25, 0.3) is 0 Å². The van der Waals surface area contributed by atoms with Crippen LogP contribution in [0.5, 0.6) is 5.75 Å². The number of carbonyl (C=O) groups is 1. The highest BCUT2D eigenvalue weighted by molar-refractivity contribution is 5.92. The highest BCUT2D eigenvalue weighted by Gasteiger charge is 2.30. The minimum atomic E-state index is -4.46. The zero-order valence-corrected chi connectivity index (χ0v) is 21.2. The van der Waals surface area contributed by atoms with Crippen LogP contribution in [-0.4, -0.2) is 40.0 Å². The molecule has 1 N–H and O–H groups in total. The molecule has 0 radical (unpaired) electrons. The molecule has 2 aromatic heterocycles. The van der Waals surface area contributed by atoms with Gasteiger partial charge in [-0.3, -0.25) is 9.78 Å². The summed E-state index contributed by atoms with van der Waals surface area (Å²) < 4.78 is 52.4. The average molecular weight is 537 g/mol. The molecule has 0 aliphatic carbocycles. The molecule has 7 nitrogen and oxygen atoms in total. The molecule has 0 atom stereocenters. The second kappa shape index (κ2) is 11.3. The Morgan fingerprint density at radius 3 is 2.74 bits per heavy atom. The molecule has 0 saturated carbocycles. The van der Waals surface area contributed by atoms with Gasteiger partial charge in [0.05, 0.1) is 37.1 Å². The van der Waals surface area contributed by atoms with E-state index >= 15 is 0 Å². The number of benzene rings is 2. The molecule has 5 rings (SSSR count). The summed E-state index contributed by atoms with van der Waals surface area (Å²) in [5, 5.41) is 7.30. The lowest BCUT2D eigenvalue weighted by atomic mass is 10.1. The van der Waals surface area contributed by atoms with E-state index in [0.717, 1.165) is 53.1 Å². The third-order valence-electron chi connectivity index (χ3n) is 6.50. The highest BCUT2D eigenvalue weighted by Crippen LogP contribution is 2.32. The molecule has 1 saturated heterocycles. The van der Waals surface area contributed by atoms with Gasteiger partial charge in [0.2, 0.25) is 5.91 Å². The molecule has 10 heteroatoms. The maximum atomic E-state index is 13.0. The molecular formula is C29H27F3N4O3.